The zero-order valence-electron chi connectivity index (χ0n) is 22.1. The van der Waals surface area contributed by atoms with E-state index in [0.29, 0.717) is 0 Å². The van der Waals surface area contributed by atoms with Gasteiger partial charge in [0.05, 0.1) is 17.6 Å². The van der Waals surface area contributed by atoms with E-state index in [0.717, 1.165) is 82.3 Å². The number of para-hydroxylation sites is 2. The molecule has 5 heteroatoms. The number of aryl methyl sites for hydroxylation is 4. The summed E-state index contributed by atoms with van der Waals surface area (Å²) in [5.41, 5.74) is 4.77. The van der Waals surface area contributed by atoms with Gasteiger partial charge in [0.25, 0.3) is 0 Å². The summed E-state index contributed by atoms with van der Waals surface area (Å²) in [5, 5.41) is 3.10. The average molecular weight is 478 g/mol. The predicted molar refractivity (Wildman–Crippen MR) is 145 cm³/mol. The molecule has 0 aliphatic carbocycles. The maximum Gasteiger partial charge on any atom is 0.223 e. The number of nitrogens with zero attached hydrogens (tertiary/aromatic N) is 2. The molecule has 0 aliphatic rings. The van der Waals surface area contributed by atoms with Gasteiger partial charge in [0, 0.05) is 25.4 Å². The molecule has 1 aromatic heterocycles. The maximum absolute atomic E-state index is 12.1. The van der Waals surface area contributed by atoms with Crippen molar-refractivity contribution in [1.82, 2.24) is 14.9 Å². The van der Waals surface area contributed by atoms with Gasteiger partial charge in [-0.05, 0) is 87.8 Å². The topological polar surface area (TPSA) is 56.2 Å². The van der Waals surface area contributed by atoms with Gasteiger partial charge in [0.15, 0.2) is 0 Å². The number of aromatic nitrogens is 2. The molecule has 0 spiro atoms. The van der Waals surface area contributed by atoms with Crippen molar-refractivity contribution in [2.75, 3.05) is 13.2 Å². The number of rotatable bonds is 15. The van der Waals surface area contributed by atoms with Crippen LogP contribution in [-0.2, 0) is 17.8 Å². The summed E-state index contributed by atoms with van der Waals surface area (Å²) in [6.45, 7) is 10.8. The van der Waals surface area contributed by atoms with E-state index in [1.807, 2.05) is 0 Å². The SMILES string of the molecule is CCC(CC)C(=O)NCCCCCc1nc2ccccc2n1CCCCOc1cc(C)cc(C)c1. The molecule has 2 aromatic carbocycles. The Morgan fingerprint density at radius 3 is 2.46 bits per heavy atom. The Labute approximate surface area is 211 Å². The van der Waals surface area contributed by atoms with Gasteiger partial charge in [-0.1, -0.05) is 38.5 Å². The molecule has 0 aliphatic heterocycles. The van der Waals surface area contributed by atoms with Crippen molar-refractivity contribution >= 4 is 16.9 Å². The molecule has 3 aromatic rings. The maximum atomic E-state index is 12.1. The first kappa shape index (κ1) is 26.8. The number of imidazole rings is 1. The first-order valence-electron chi connectivity index (χ1n) is 13.4. The van der Waals surface area contributed by atoms with Crippen LogP contribution in [0.5, 0.6) is 5.75 Å². The first-order chi connectivity index (χ1) is 17.0. The number of ether oxygens (including phenoxy) is 1. The van der Waals surface area contributed by atoms with E-state index < -0.39 is 0 Å². The molecule has 1 N–H and O–H groups in total. The molecular formula is C30H43N3O2. The number of fused-ring (bicyclic) bond motifs is 1. The van der Waals surface area contributed by atoms with Crippen LogP contribution in [0.15, 0.2) is 42.5 Å². The van der Waals surface area contributed by atoms with Crippen LogP contribution < -0.4 is 10.1 Å². The number of hydrogen-bond acceptors (Lipinski definition) is 3. The standard InChI is InChI=1S/C30H43N3O2/c1-5-25(6-2)30(34)31-17-11-7-8-16-29-32-27-14-9-10-15-28(27)33(29)18-12-13-19-35-26-21-23(3)20-24(4)22-26/h9-10,14-15,20-22,25H,5-8,11-13,16-19H2,1-4H3,(H,31,34). The minimum atomic E-state index is 0.154. The highest BCUT2D eigenvalue weighted by atomic mass is 16.5. The van der Waals surface area contributed by atoms with E-state index >= 15 is 0 Å². The van der Waals surface area contributed by atoms with Gasteiger partial charge in [0.1, 0.15) is 11.6 Å². The van der Waals surface area contributed by atoms with E-state index in [1.165, 1.54) is 22.5 Å². The number of nitrogens with one attached hydrogen (secondary N) is 1. The number of hydrogen-bond donors (Lipinski definition) is 1. The van der Waals surface area contributed by atoms with Crippen molar-refractivity contribution in [1.29, 1.82) is 0 Å². The van der Waals surface area contributed by atoms with Crippen LogP contribution in [0.3, 0.4) is 0 Å². The first-order valence-corrected chi connectivity index (χ1v) is 13.4. The third-order valence-corrected chi connectivity index (χ3v) is 6.71. The highest BCUT2D eigenvalue weighted by Crippen LogP contribution is 2.20. The van der Waals surface area contributed by atoms with E-state index in [9.17, 15) is 4.79 Å². The highest BCUT2D eigenvalue weighted by molar-refractivity contribution is 5.78. The third kappa shape index (κ3) is 8.12. The molecule has 0 fully saturated rings. The molecule has 0 saturated carbocycles. The Bertz CT molecular complexity index is 1050. The number of unbranched alkanes of at least 4 members (excludes halogenated alkanes) is 3. The summed E-state index contributed by atoms with van der Waals surface area (Å²) in [5.74, 6) is 2.49. The monoisotopic (exact) mass is 477 g/mol. The molecule has 0 unspecified atom stereocenters. The summed E-state index contributed by atoms with van der Waals surface area (Å²) in [6, 6.07) is 14.8. The summed E-state index contributed by atoms with van der Waals surface area (Å²) in [4.78, 5) is 17.1. The molecule has 3 rings (SSSR count). The Balaban J connectivity index is 1.45. The normalized spacial score (nSPS) is 11.3. The molecule has 1 amide bonds. The lowest BCUT2D eigenvalue weighted by atomic mass is 10.0. The number of amides is 1. The molecule has 0 bridgehead atoms. The fraction of sp³-hybridized carbons (Fsp3) is 0.533. The molecular weight excluding hydrogens is 434 g/mol. The van der Waals surface area contributed by atoms with Crippen LogP contribution >= 0.6 is 0 Å². The second-order valence-corrected chi connectivity index (χ2v) is 9.66. The van der Waals surface area contributed by atoms with Crippen LogP contribution in [-0.4, -0.2) is 28.6 Å². The molecule has 190 valence electrons. The van der Waals surface area contributed by atoms with Crippen molar-refractivity contribution < 1.29 is 9.53 Å². The fourth-order valence-corrected chi connectivity index (χ4v) is 4.74. The van der Waals surface area contributed by atoms with Crippen molar-refractivity contribution in [3.05, 3.63) is 59.4 Å². The molecule has 1 heterocycles. The van der Waals surface area contributed by atoms with Crippen LogP contribution in [0.2, 0.25) is 0 Å². The van der Waals surface area contributed by atoms with Crippen LogP contribution in [0.4, 0.5) is 0 Å². The van der Waals surface area contributed by atoms with Gasteiger partial charge >= 0.3 is 0 Å². The third-order valence-electron chi connectivity index (χ3n) is 6.71. The minimum Gasteiger partial charge on any atom is -0.494 e. The largest absolute Gasteiger partial charge is 0.494 e. The van der Waals surface area contributed by atoms with E-state index in [1.54, 1.807) is 0 Å². The lowest BCUT2D eigenvalue weighted by Gasteiger charge is -2.13. The highest BCUT2D eigenvalue weighted by Gasteiger charge is 2.13. The summed E-state index contributed by atoms with van der Waals surface area (Å²) < 4.78 is 8.39. The van der Waals surface area contributed by atoms with Gasteiger partial charge in [-0.25, -0.2) is 4.98 Å². The smallest absolute Gasteiger partial charge is 0.223 e. The molecule has 0 radical (unpaired) electrons. The number of carbonyl (C=O) groups excluding carboxylic acids is 1. The van der Waals surface area contributed by atoms with E-state index in [4.69, 9.17) is 9.72 Å². The summed E-state index contributed by atoms with van der Waals surface area (Å²) in [6.07, 6.45) is 8.05. The Kier molecular flexibility index (Phi) is 10.6. The lowest BCUT2D eigenvalue weighted by molar-refractivity contribution is -0.125. The molecule has 0 saturated heterocycles. The van der Waals surface area contributed by atoms with Crippen LogP contribution in [0.1, 0.15) is 75.7 Å². The second kappa shape index (κ2) is 13.9. The second-order valence-electron chi connectivity index (χ2n) is 9.66. The fourth-order valence-electron chi connectivity index (χ4n) is 4.74. The zero-order chi connectivity index (χ0) is 25.0. The minimum absolute atomic E-state index is 0.154. The van der Waals surface area contributed by atoms with Crippen LogP contribution in [0, 0.1) is 19.8 Å². The molecule has 5 nitrogen and oxygen atoms in total. The van der Waals surface area contributed by atoms with Crippen molar-refractivity contribution in [3.63, 3.8) is 0 Å². The van der Waals surface area contributed by atoms with Gasteiger partial charge in [-0.2, -0.15) is 0 Å². The molecule has 0 atom stereocenters. The van der Waals surface area contributed by atoms with Gasteiger partial charge in [-0.3, -0.25) is 4.79 Å². The van der Waals surface area contributed by atoms with Gasteiger partial charge < -0.3 is 14.6 Å². The summed E-state index contributed by atoms with van der Waals surface area (Å²) in [7, 11) is 0. The number of benzene rings is 2. The van der Waals surface area contributed by atoms with Gasteiger partial charge in [0.2, 0.25) is 5.91 Å². The van der Waals surface area contributed by atoms with Crippen molar-refractivity contribution in [2.45, 2.75) is 85.6 Å². The molecule has 35 heavy (non-hydrogen) atoms. The summed E-state index contributed by atoms with van der Waals surface area (Å²) >= 11 is 0. The average Bonchev–Trinajstić information content (AvgIpc) is 3.18. The van der Waals surface area contributed by atoms with E-state index in [-0.39, 0.29) is 11.8 Å². The quantitative estimate of drug-likeness (QED) is 0.246. The van der Waals surface area contributed by atoms with E-state index in [2.05, 4.69) is 80.0 Å². The van der Waals surface area contributed by atoms with Crippen LogP contribution in [0.25, 0.3) is 11.0 Å². The Hall–Kier alpha value is -2.82. The Morgan fingerprint density at radius 2 is 1.71 bits per heavy atom. The number of carbonyl (C=O) groups is 1. The lowest BCUT2D eigenvalue weighted by Crippen LogP contribution is -2.30. The van der Waals surface area contributed by atoms with Gasteiger partial charge in [-0.15, -0.1) is 0 Å². The van der Waals surface area contributed by atoms with Crippen molar-refractivity contribution in [3.8, 4) is 5.75 Å². The zero-order valence-corrected chi connectivity index (χ0v) is 22.1. The predicted octanol–water partition coefficient (Wildman–Crippen LogP) is 6.78. The van der Waals surface area contributed by atoms with Crippen molar-refractivity contribution in [2.24, 2.45) is 5.92 Å². The Morgan fingerprint density at radius 1 is 0.971 bits per heavy atom.